The molecule has 1 aliphatic rings. The number of aryl methyl sites for hydroxylation is 2. The second kappa shape index (κ2) is 7.32. The van der Waals surface area contributed by atoms with Crippen molar-refractivity contribution in [2.24, 2.45) is 0 Å². The average molecular weight is 378 g/mol. The number of thiazole rings is 1. The second-order valence-corrected chi connectivity index (χ2v) is 7.31. The summed E-state index contributed by atoms with van der Waals surface area (Å²) in [6.45, 7) is 1.33. The molecule has 3 aromatic rings. The van der Waals surface area contributed by atoms with Crippen molar-refractivity contribution in [3.8, 4) is 17.0 Å². The predicted molar refractivity (Wildman–Crippen MR) is 105 cm³/mol. The number of amides is 1. The van der Waals surface area contributed by atoms with E-state index in [4.69, 9.17) is 4.74 Å². The van der Waals surface area contributed by atoms with E-state index < -0.39 is 5.97 Å². The zero-order valence-electron chi connectivity index (χ0n) is 14.8. The standard InChI is InChI=1S/C21H18N2O3S/c1-13(24)26-18-9-7-15(8-10-18)20(25)23-21-22-19(12-27-21)17-6-5-14-3-2-4-16(14)11-17/h5-12H,2-4H2,1H3,(H,22,23,25). The van der Waals surface area contributed by atoms with E-state index in [0.717, 1.165) is 24.1 Å². The van der Waals surface area contributed by atoms with Crippen molar-refractivity contribution >= 4 is 28.3 Å². The van der Waals surface area contributed by atoms with Gasteiger partial charge in [-0.1, -0.05) is 12.1 Å². The molecule has 1 N–H and O–H groups in total. The molecule has 0 atom stereocenters. The molecule has 0 aliphatic heterocycles. The number of nitrogens with zero attached hydrogens (tertiary/aromatic N) is 1. The minimum Gasteiger partial charge on any atom is -0.427 e. The Morgan fingerprint density at radius 1 is 1.07 bits per heavy atom. The summed E-state index contributed by atoms with van der Waals surface area (Å²) in [7, 11) is 0. The molecule has 6 heteroatoms. The van der Waals surface area contributed by atoms with Crippen LogP contribution in [0.2, 0.25) is 0 Å². The van der Waals surface area contributed by atoms with Gasteiger partial charge in [0.1, 0.15) is 5.75 Å². The summed E-state index contributed by atoms with van der Waals surface area (Å²) in [6.07, 6.45) is 3.50. The van der Waals surface area contributed by atoms with Gasteiger partial charge in [0, 0.05) is 23.4 Å². The van der Waals surface area contributed by atoms with Crippen LogP contribution in [0.1, 0.15) is 34.8 Å². The molecule has 4 rings (SSSR count). The fraction of sp³-hybridized carbons (Fsp3) is 0.190. The van der Waals surface area contributed by atoms with Gasteiger partial charge in [-0.05, 0) is 60.7 Å². The predicted octanol–water partition coefficient (Wildman–Crippen LogP) is 4.48. The Morgan fingerprint density at radius 2 is 1.85 bits per heavy atom. The number of anilines is 1. The molecule has 136 valence electrons. The largest absolute Gasteiger partial charge is 0.427 e. The number of fused-ring (bicyclic) bond motifs is 1. The Balaban J connectivity index is 1.46. The summed E-state index contributed by atoms with van der Waals surface area (Å²) in [4.78, 5) is 27.9. The van der Waals surface area contributed by atoms with E-state index in [1.54, 1.807) is 24.3 Å². The highest BCUT2D eigenvalue weighted by molar-refractivity contribution is 7.14. The Hall–Kier alpha value is -2.99. The zero-order valence-corrected chi connectivity index (χ0v) is 15.6. The Kier molecular flexibility index (Phi) is 4.73. The van der Waals surface area contributed by atoms with E-state index >= 15 is 0 Å². The van der Waals surface area contributed by atoms with Crippen LogP contribution < -0.4 is 10.1 Å². The number of rotatable bonds is 4. The normalized spacial score (nSPS) is 12.5. The van der Waals surface area contributed by atoms with Gasteiger partial charge in [0.25, 0.3) is 5.91 Å². The highest BCUT2D eigenvalue weighted by Crippen LogP contribution is 2.30. The van der Waals surface area contributed by atoms with E-state index in [9.17, 15) is 9.59 Å². The van der Waals surface area contributed by atoms with Crippen molar-refractivity contribution in [1.82, 2.24) is 4.98 Å². The van der Waals surface area contributed by atoms with E-state index in [1.807, 2.05) is 5.38 Å². The van der Waals surface area contributed by atoms with Crippen LogP contribution in [-0.2, 0) is 17.6 Å². The molecular weight excluding hydrogens is 360 g/mol. The summed E-state index contributed by atoms with van der Waals surface area (Å²) < 4.78 is 4.97. The number of aromatic nitrogens is 1. The van der Waals surface area contributed by atoms with Gasteiger partial charge in [-0.3, -0.25) is 14.9 Å². The average Bonchev–Trinajstić information content (AvgIpc) is 3.30. The van der Waals surface area contributed by atoms with Crippen molar-refractivity contribution in [2.45, 2.75) is 26.2 Å². The van der Waals surface area contributed by atoms with Crippen LogP contribution in [0.15, 0.2) is 47.8 Å². The first-order valence-corrected chi connectivity index (χ1v) is 9.64. The molecule has 0 spiro atoms. The van der Waals surface area contributed by atoms with E-state index in [2.05, 4.69) is 28.5 Å². The van der Waals surface area contributed by atoms with Gasteiger partial charge in [-0.15, -0.1) is 11.3 Å². The van der Waals surface area contributed by atoms with Crippen LogP contribution in [0.4, 0.5) is 5.13 Å². The fourth-order valence-electron chi connectivity index (χ4n) is 3.20. The lowest BCUT2D eigenvalue weighted by molar-refractivity contribution is -0.131. The number of hydrogen-bond acceptors (Lipinski definition) is 5. The van der Waals surface area contributed by atoms with Crippen molar-refractivity contribution in [2.75, 3.05) is 5.32 Å². The van der Waals surface area contributed by atoms with Gasteiger partial charge in [0.05, 0.1) is 5.69 Å². The SMILES string of the molecule is CC(=O)Oc1ccc(C(=O)Nc2nc(-c3ccc4c(c3)CCC4)cs2)cc1. The molecule has 0 saturated carbocycles. The smallest absolute Gasteiger partial charge is 0.308 e. The summed E-state index contributed by atoms with van der Waals surface area (Å²) >= 11 is 1.40. The summed E-state index contributed by atoms with van der Waals surface area (Å²) in [5.41, 5.74) is 5.26. The number of ether oxygens (including phenoxy) is 1. The first kappa shape index (κ1) is 17.4. The third-order valence-corrected chi connectivity index (χ3v) is 5.25. The molecule has 1 heterocycles. The lowest BCUT2D eigenvalue weighted by atomic mass is 10.1. The van der Waals surface area contributed by atoms with Crippen LogP contribution in [0.25, 0.3) is 11.3 Å². The van der Waals surface area contributed by atoms with Crippen molar-refractivity contribution in [3.05, 3.63) is 64.5 Å². The van der Waals surface area contributed by atoms with Crippen molar-refractivity contribution < 1.29 is 14.3 Å². The van der Waals surface area contributed by atoms with Gasteiger partial charge >= 0.3 is 5.97 Å². The Labute approximate surface area is 161 Å². The van der Waals surface area contributed by atoms with Crippen LogP contribution in [0.5, 0.6) is 5.75 Å². The van der Waals surface area contributed by atoms with Crippen LogP contribution >= 0.6 is 11.3 Å². The molecule has 1 amide bonds. The molecule has 0 unspecified atom stereocenters. The van der Waals surface area contributed by atoms with E-state index in [0.29, 0.717) is 16.4 Å². The van der Waals surface area contributed by atoms with Gasteiger partial charge in [0.2, 0.25) is 0 Å². The minimum absolute atomic E-state index is 0.251. The molecular formula is C21H18N2O3S. The zero-order chi connectivity index (χ0) is 18.8. The van der Waals surface area contributed by atoms with Gasteiger partial charge in [0.15, 0.2) is 5.13 Å². The first-order valence-electron chi connectivity index (χ1n) is 8.76. The summed E-state index contributed by atoms with van der Waals surface area (Å²) in [5.74, 6) is -0.236. The van der Waals surface area contributed by atoms with E-state index in [-0.39, 0.29) is 5.91 Å². The Morgan fingerprint density at radius 3 is 2.63 bits per heavy atom. The first-order chi connectivity index (χ1) is 13.1. The maximum Gasteiger partial charge on any atom is 0.308 e. The third-order valence-electron chi connectivity index (χ3n) is 4.50. The van der Waals surface area contributed by atoms with Crippen LogP contribution in [0, 0.1) is 0 Å². The van der Waals surface area contributed by atoms with Gasteiger partial charge in [-0.25, -0.2) is 4.98 Å². The van der Waals surface area contributed by atoms with E-state index in [1.165, 1.54) is 35.8 Å². The van der Waals surface area contributed by atoms with Crippen molar-refractivity contribution in [1.29, 1.82) is 0 Å². The quantitative estimate of drug-likeness (QED) is 0.537. The molecule has 27 heavy (non-hydrogen) atoms. The second-order valence-electron chi connectivity index (χ2n) is 6.45. The van der Waals surface area contributed by atoms with Crippen LogP contribution in [-0.4, -0.2) is 16.9 Å². The lowest BCUT2D eigenvalue weighted by Crippen LogP contribution is -2.11. The monoisotopic (exact) mass is 378 g/mol. The highest BCUT2D eigenvalue weighted by Gasteiger charge is 2.14. The Bertz CT molecular complexity index is 1010. The number of nitrogens with one attached hydrogen (secondary N) is 1. The molecule has 5 nitrogen and oxygen atoms in total. The number of benzene rings is 2. The maximum atomic E-state index is 12.4. The summed E-state index contributed by atoms with van der Waals surface area (Å²) in [6, 6.07) is 12.9. The fourth-order valence-corrected chi connectivity index (χ4v) is 3.92. The lowest BCUT2D eigenvalue weighted by Gasteiger charge is -2.04. The number of hydrogen-bond donors (Lipinski definition) is 1. The molecule has 0 fully saturated rings. The van der Waals surface area contributed by atoms with Gasteiger partial charge < -0.3 is 4.74 Å². The van der Waals surface area contributed by atoms with Gasteiger partial charge in [-0.2, -0.15) is 0 Å². The molecule has 0 radical (unpaired) electrons. The molecule has 0 saturated heterocycles. The van der Waals surface area contributed by atoms with Crippen LogP contribution in [0.3, 0.4) is 0 Å². The molecule has 2 aromatic carbocycles. The molecule has 0 bridgehead atoms. The molecule has 1 aromatic heterocycles. The molecule has 1 aliphatic carbocycles. The van der Waals surface area contributed by atoms with Crippen molar-refractivity contribution in [3.63, 3.8) is 0 Å². The maximum absolute atomic E-state index is 12.4. The summed E-state index contributed by atoms with van der Waals surface area (Å²) in [5, 5.41) is 5.33. The third kappa shape index (κ3) is 3.90. The topological polar surface area (TPSA) is 68.3 Å². The number of esters is 1. The highest BCUT2D eigenvalue weighted by atomic mass is 32.1. The number of carbonyl (C=O) groups excluding carboxylic acids is 2. The minimum atomic E-state index is -0.394. The number of carbonyl (C=O) groups is 2.